The van der Waals surface area contributed by atoms with Crippen LogP contribution in [0.3, 0.4) is 0 Å². The Hall–Kier alpha value is -2.08. The first-order valence-corrected chi connectivity index (χ1v) is 7.76. The van der Waals surface area contributed by atoms with E-state index in [-0.39, 0.29) is 5.54 Å². The molecule has 2 aromatic heterocycles. The standard InChI is InChI=1S/C16H19N3O2S/c1-20-14-7-6-12(11-17-14)18-15(22)19-16(8-2-3-9-16)13-5-4-10-21-13/h4-7,10-11H,2-3,8-9H2,1H3,(H2,18,19,22). The number of hydrogen-bond donors (Lipinski definition) is 2. The molecule has 6 heteroatoms. The molecule has 0 aliphatic heterocycles. The third kappa shape index (κ3) is 3.06. The lowest BCUT2D eigenvalue weighted by Gasteiger charge is -2.29. The molecule has 1 fully saturated rings. The van der Waals surface area contributed by atoms with Gasteiger partial charge in [-0.2, -0.15) is 0 Å². The van der Waals surface area contributed by atoms with Crippen LogP contribution < -0.4 is 15.4 Å². The van der Waals surface area contributed by atoms with Gasteiger partial charge in [0.15, 0.2) is 5.11 Å². The van der Waals surface area contributed by atoms with Crippen LogP contribution in [-0.4, -0.2) is 17.2 Å². The van der Waals surface area contributed by atoms with Crippen molar-refractivity contribution in [3.05, 3.63) is 42.5 Å². The fourth-order valence-corrected chi connectivity index (χ4v) is 3.23. The molecule has 5 nitrogen and oxygen atoms in total. The Kier molecular flexibility index (Phi) is 4.29. The van der Waals surface area contributed by atoms with Gasteiger partial charge < -0.3 is 19.8 Å². The van der Waals surface area contributed by atoms with Crippen LogP contribution in [0.4, 0.5) is 5.69 Å². The molecular formula is C16H19N3O2S. The van der Waals surface area contributed by atoms with E-state index in [0.717, 1.165) is 24.3 Å². The number of nitrogens with one attached hydrogen (secondary N) is 2. The Morgan fingerprint density at radius 1 is 1.32 bits per heavy atom. The van der Waals surface area contributed by atoms with Gasteiger partial charge in [-0.05, 0) is 43.3 Å². The minimum atomic E-state index is -0.201. The number of methoxy groups -OCH3 is 1. The molecule has 116 valence electrons. The van der Waals surface area contributed by atoms with Crippen molar-refractivity contribution < 1.29 is 9.15 Å². The summed E-state index contributed by atoms with van der Waals surface area (Å²) in [5, 5.41) is 7.18. The fraction of sp³-hybridized carbons (Fsp3) is 0.375. The van der Waals surface area contributed by atoms with Gasteiger partial charge in [0, 0.05) is 6.07 Å². The topological polar surface area (TPSA) is 59.3 Å². The number of pyridine rings is 1. The monoisotopic (exact) mass is 317 g/mol. The average molecular weight is 317 g/mol. The molecule has 0 radical (unpaired) electrons. The van der Waals surface area contributed by atoms with Gasteiger partial charge in [0.05, 0.1) is 30.8 Å². The first kappa shape index (κ1) is 14.8. The van der Waals surface area contributed by atoms with Gasteiger partial charge in [0.2, 0.25) is 5.88 Å². The van der Waals surface area contributed by atoms with E-state index in [1.165, 1.54) is 12.8 Å². The second-order valence-electron chi connectivity index (χ2n) is 5.43. The minimum absolute atomic E-state index is 0.201. The van der Waals surface area contributed by atoms with Crippen molar-refractivity contribution in [2.45, 2.75) is 31.2 Å². The molecular weight excluding hydrogens is 298 g/mol. The van der Waals surface area contributed by atoms with Crippen LogP contribution in [-0.2, 0) is 5.54 Å². The van der Waals surface area contributed by atoms with Gasteiger partial charge in [-0.25, -0.2) is 4.98 Å². The van der Waals surface area contributed by atoms with Crippen molar-refractivity contribution in [3.63, 3.8) is 0 Å². The predicted molar refractivity (Wildman–Crippen MR) is 89.0 cm³/mol. The number of ether oxygens (including phenoxy) is 1. The summed E-state index contributed by atoms with van der Waals surface area (Å²) in [7, 11) is 1.59. The third-order valence-corrected chi connectivity index (χ3v) is 4.21. The summed E-state index contributed by atoms with van der Waals surface area (Å²) >= 11 is 5.46. The van der Waals surface area contributed by atoms with Gasteiger partial charge >= 0.3 is 0 Å². The zero-order chi connectivity index (χ0) is 15.4. The Balaban J connectivity index is 1.69. The molecule has 2 N–H and O–H groups in total. The molecule has 2 aromatic rings. The molecule has 1 saturated carbocycles. The maximum atomic E-state index is 5.62. The Morgan fingerprint density at radius 2 is 2.14 bits per heavy atom. The van der Waals surface area contributed by atoms with Crippen LogP contribution in [0.25, 0.3) is 0 Å². The lowest BCUT2D eigenvalue weighted by Crippen LogP contribution is -2.45. The Morgan fingerprint density at radius 3 is 2.73 bits per heavy atom. The van der Waals surface area contributed by atoms with Crippen molar-refractivity contribution in [3.8, 4) is 5.88 Å². The molecule has 0 amide bonds. The van der Waals surface area contributed by atoms with Gasteiger partial charge in [-0.3, -0.25) is 0 Å². The van der Waals surface area contributed by atoms with Crippen LogP contribution >= 0.6 is 12.2 Å². The Bertz CT molecular complexity index is 619. The summed E-state index contributed by atoms with van der Waals surface area (Å²) < 4.78 is 10.7. The van der Waals surface area contributed by atoms with Crippen molar-refractivity contribution in [1.82, 2.24) is 10.3 Å². The quantitative estimate of drug-likeness (QED) is 0.843. The summed E-state index contributed by atoms with van der Waals surface area (Å²) in [6, 6.07) is 7.60. The first-order chi connectivity index (χ1) is 10.7. The van der Waals surface area contributed by atoms with Gasteiger partial charge in [0.1, 0.15) is 5.76 Å². The molecule has 0 atom stereocenters. The number of nitrogens with zero attached hydrogens (tertiary/aromatic N) is 1. The summed E-state index contributed by atoms with van der Waals surface area (Å²) in [6.07, 6.45) is 7.77. The van der Waals surface area contributed by atoms with Crippen molar-refractivity contribution in [2.75, 3.05) is 12.4 Å². The van der Waals surface area contributed by atoms with Crippen LogP contribution in [0.5, 0.6) is 5.88 Å². The molecule has 1 aliphatic rings. The molecule has 22 heavy (non-hydrogen) atoms. The maximum absolute atomic E-state index is 5.62. The van der Waals surface area contributed by atoms with E-state index in [9.17, 15) is 0 Å². The average Bonchev–Trinajstić information content (AvgIpc) is 3.19. The van der Waals surface area contributed by atoms with E-state index in [4.69, 9.17) is 21.4 Å². The molecule has 0 saturated heterocycles. The van der Waals surface area contributed by atoms with Crippen LogP contribution in [0, 0.1) is 0 Å². The number of rotatable bonds is 4. The van der Waals surface area contributed by atoms with Crippen LogP contribution in [0.2, 0.25) is 0 Å². The second kappa shape index (κ2) is 6.36. The van der Waals surface area contributed by atoms with E-state index in [1.807, 2.05) is 18.2 Å². The van der Waals surface area contributed by atoms with E-state index >= 15 is 0 Å². The lowest BCUT2D eigenvalue weighted by molar-refractivity contribution is 0.317. The second-order valence-corrected chi connectivity index (χ2v) is 5.84. The zero-order valence-electron chi connectivity index (χ0n) is 12.5. The summed E-state index contributed by atoms with van der Waals surface area (Å²) in [5.41, 5.74) is 0.624. The van der Waals surface area contributed by atoms with E-state index < -0.39 is 0 Å². The predicted octanol–water partition coefficient (Wildman–Crippen LogP) is 3.44. The van der Waals surface area contributed by atoms with E-state index in [2.05, 4.69) is 15.6 Å². The minimum Gasteiger partial charge on any atom is -0.481 e. The molecule has 0 spiro atoms. The molecule has 0 bridgehead atoms. The van der Waals surface area contributed by atoms with Crippen LogP contribution in [0.15, 0.2) is 41.1 Å². The zero-order valence-corrected chi connectivity index (χ0v) is 13.3. The third-order valence-electron chi connectivity index (χ3n) is 4.01. The van der Waals surface area contributed by atoms with Crippen molar-refractivity contribution in [2.24, 2.45) is 0 Å². The summed E-state index contributed by atoms with van der Waals surface area (Å²) in [6.45, 7) is 0. The smallest absolute Gasteiger partial charge is 0.213 e. The number of anilines is 1. The molecule has 2 heterocycles. The fourth-order valence-electron chi connectivity index (χ4n) is 2.92. The highest BCUT2D eigenvalue weighted by atomic mass is 32.1. The van der Waals surface area contributed by atoms with E-state index in [1.54, 1.807) is 25.6 Å². The van der Waals surface area contributed by atoms with Crippen LogP contribution in [0.1, 0.15) is 31.4 Å². The molecule has 0 aromatic carbocycles. The number of thiocarbonyl (C=S) groups is 1. The van der Waals surface area contributed by atoms with Gasteiger partial charge in [-0.1, -0.05) is 12.8 Å². The number of hydrogen-bond acceptors (Lipinski definition) is 4. The van der Waals surface area contributed by atoms with E-state index in [0.29, 0.717) is 11.0 Å². The highest BCUT2D eigenvalue weighted by Gasteiger charge is 2.38. The normalized spacial score (nSPS) is 16.2. The van der Waals surface area contributed by atoms with Crippen molar-refractivity contribution in [1.29, 1.82) is 0 Å². The number of aromatic nitrogens is 1. The van der Waals surface area contributed by atoms with Crippen molar-refractivity contribution >= 4 is 23.0 Å². The summed E-state index contributed by atoms with van der Waals surface area (Å²) in [5.74, 6) is 1.52. The van der Waals surface area contributed by atoms with Gasteiger partial charge in [-0.15, -0.1) is 0 Å². The molecule has 0 unspecified atom stereocenters. The Labute approximate surface area is 135 Å². The maximum Gasteiger partial charge on any atom is 0.213 e. The lowest BCUT2D eigenvalue weighted by atomic mass is 9.94. The highest BCUT2D eigenvalue weighted by Crippen LogP contribution is 2.39. The molecule has 1 aliphatic carbocycles. The molecule has 3 rings (SSSR count). The highest BCUT2D eigenvalue weighted by molar-refractivity contribution is 7.80. The summed E-state index contributed by atoms with van der Waals surface area (Å²) in [4.78, 5) is 4.16. The SMILES string of the molecule is COc1ccc(NC(=S)NC2(c3ccco3)CCCC2)cn1. The largest absolute Gasteiger partial charge is 0.481 e. The number of furan rings is 1. The first-order valence-electron chi connectivity index (χ1n) is 7.35. The van der Waals surface area contributed by atoms with Gasteiger partial charge in [0.25, 0.3) is 0 Å².